The van der Waals surface area contributed by atoms with E-state index in [-0.39, 0.29) is 12.5 Å². The highest BCUT2D eigenvalue weighted by Crippen LogP contribution is 2.27. The van der Waals surface area contributed by atoms with Gasteiger partial charge in [0, 0.05) is 6.42 Å². The molecule has 1 heterocycles. The van der Waals surface area contributed by atoms with E-state index in [0.717, 1.165) is 16.7 Å². The zero-order valence-corrected chi connectivity index (χ0v) is 17.3. The lowest BCUT2D eigenvalue weighted by atomic mass is 9.94. The number of hydrogen-bond donors (Lipinski definition) is 1. The first kappa shape index (κ1) is 20.5. The largest absolute Gasteiger partial charge is 0.495 e. The Labute approximate surface area is 181 Å². The van der Waals surface area contributed by atoms with E-state index in [1.54, 1.807) is 19.2 Å². The number of anilines is 1. The number of benzene rings is 3. The fourth-order valence-corrected chi connectivity index (χ4v) is 3.72. The van der Waals surface area contributed by atoms with E-state index in [1.807, 2.05) is 66.7 Å². The molecule has 1 aliphatic rings. The maximum absolute atomic E-state index is 13.2. The summed E-state index contributed by atoms with van der Waals surface area (Å²) in [5.74, 6) is 0.279. The van der Waals surface area contributed by atoms with Gasteiger partial charge in [-0.05, 0) is 28.8 Å². The van der Waals surface area contributed by atoms with Gasteiger partial charge in [0.25, 0.3) is 0 Å². The molecule has 3 aromatic carbocycles. The van der Waals surface area contributed by atoms with Crippen molar-refractivity contribution in [3.8, 4) is 5.75 Å². The van der Waals surface area contributed by atoms with Crippen LogP contribution >= 0.6 is 0 Å². The molecule has 0 saturated carbocycles. The number of rotatable bonds is 5. The monoisotopic (exact) mass is 416 g/mol. The Balaban J connectivity index is 1.55. The van der Waals surface area contributed by atoms with Crippen LogP contribution in [0.2, 0.25) is 0 Å². The molecule has 6 heteroatoms. The summed E-state index contributed by atoms with van der Waals surface area (Å²) < 4.78 is 10.9. The summed E-state index contributed by atoms with van der Waals surface area (Å²) in [5.41, 5.74) is 3.52. The molecule has 1 N–H and O–H groups in total. The first-order valence-electron chi connectivity index (χ1n) is 10.1. The molecule has 158 valence electrons. The number of methoxy groups -OCH3 is 1. The second-order valence-electron chi connectivity index (χ2n) is 7.35. The summed E-state index contributed by atoms with van der Waals surface area (Å²) in [4.78, 5) is 27.7. The molecule has 0 saturated heterocycles. The molecule has 0 fully saturated rings. The molecule has 6 nitrogen and oxygen atoms in total. The molecule has 2 amide bonds. The number of ether oxygens (including phenoxy) is 2. The van der Waals surface area contributed by atoms with Crippen LogP contribution in [0.25, 0.3) is 0 Å². The maximum Gasteiger partial charge on any atom is 0.411 e. The van der Waals surface area contributed by atoms with Gasteiger partial charge >= 0.3 is 6.09 Å². The summed E-state index contributed by atoms with van der Waals surface area (Å²) in [6, 6.07) is 23.8. The Bertz CT molecular complexity index is 1070. The number of nitrogens with zero attached hydrogens (tertiary/aromatic N) is 1. The highest BCUT2D eigenvalue weighted by Gasteiger charge is 2.35. The van der Waals surface area contributed by atoms with Gasteiger partial charge in [-0.15, -0.1) is 0 Å². The van der Waals surface area contributed by atoms with Crippen LogP contribution in [0.15, 0.2) is 78.9 Å². The third-order valence-corrected chi connectivity index (χ3v) is 5.36. The van der Waals surface area contributed by atoms with E-state index in [4.69, 9.17) is 9.47 Å². The molecule has 0 unspecified atom stereocenters. The lowest BCUT2D eigenvalue weighted by molar-refractivity contribution is -0.121. The average molecular weight is 416 g/mol. The average Bonchev–Trinajstić information content (AvgIpc) is 2.82. The first-order valence-corrected chi connectivity index (χ1v) is 10.1. The molecule has 4 rings (SSSR count). The molecule has 1 atom stereocenters. The zero-order chi connectivity index (χ0) is 21.6. The Hall–Kier alpha value is -3.80. The van der Waals surface area contributed by atoms with E-state index >= 15 is 0 Å². The predicted octanol–water partition coefficient (Wildman–Crippen LogP) is 4.40. The van der Waals surface area contributed by atoms with Crippen molar-refractivity contribution in [1.82, 2.24) is 4.90 Å². The van der Waals surface area contributed by atoms with Crippen LogP contribution in [0.4, 0.5) is 10.5 Å². The van der Waals surface area contributed by atoms with Crippen LogP contribution in [-0.2, 0) is 29.1 Å². The van der Waals surface area contributed by atoms with Crippen molar-refractivity contribution in [1.29, 1.82) is 0 Å². The third-order valence-electron chi connectivity index (χ3n) is 5.36. The predicted molar refractivity (Wildman–Crippen MR) is 118 cm³/mol. The Morgan fingerprint density at radius 2 is 1.61 bits per heavy atom. The molecular formula is C25H24N2O4. The first-order chi connectivity index (χ1) is 15.2. The van der Waals surface area contributed by atoms with Crippen LogP contribution in [0.1, 0.15) is 16.7 Å². The summed E-state index contributed by atoms with van der Waals surface area (Å²) in [6.45, 7) is 0.465. The number of hydrogen-bond acceptors (Lipinski definition) is 4. The fourth-order valence-electron chi connectivity index (χ4n) is 3.72. The topological polar surface area (TPSA) is 67.9 Å². The maximum atomic E-state index is 13.2. The van der Waals surface area contributed by atoms with Gasteiger partial charge in [0.1, 0.15) is 18.4 Å². The Morgan fingerprint density at radius 3 is 2.39 bits per heavy atom. The van der Waals surface area contributed by atoms with Crippen molar-refractivity contribution in [2.75, 3.05) is 12.4 Å². The SMILES string of the molecule is COc1ccccc1NC(=O)[C@@H]1Cc2ccccc2CN1C(=O)OCc1ccccc1. The van der Waals surface area contributed by atoms with Gasteiger partial charge in [-0.3, -0.25) is 9.69 Å². The summed E-state index contributed by atoms with van der Waals surface area (Å²) in [7, 11) is 1.55. The molecule has 0 radical (unpaired) electrons. The van der Waals surface area contributed by atoms with Crippen LogP contribution < -0.4 is 10.1 Å². The van der Waals surface area contributed by atoms with E-state index in [2.05, 4.69) is 5.32 Å². The molecule has 0 aromatic heterocycles. The molecule has 3 aromatic rings. The van der Waals surface area contributed by atoms with Gasteiger partial charge in [-0.2, -0.15) is 0 Å². The third kappa shape index (κ3) is 4.69. The number of para-hydroxylation sites is 2. The smallest absolute Gasteiger partial charge is 0.411 e. The molecule has 0 bridgehead atoms. The number of carbonyl (C=O) groups is 2. The van der Waals surface area contributed by atoms with Crippen molar-refractivity contribution in [2.45, 2.75) is 25.6 Å². The van der Waals surface area contributed by atoms with Crippen LogP contribution in [0.3, 0.4) is 0 Å². The van der Waals surface area contributed by atoms with Gasteiger partial charge in [0.05, 0.1) is 19.3 Å². The van der Waals surface area contributed by atoms with Crippen LogP contribution in [-0.4, -0.2) is 30.1 Å². The summed E-state index contributed by atoms with van der Waals surface area (Å²) in [5, 5.41) is 2.91. The van der Waals surface area contributed by atoms with Gasteiger partial charge in [-0.1, -0.05) is 66.7 Å². The molecular weight excluding hydrogens is 392 g/mol. The van der Waals surface area contributed by atoms with E-state index < -0.39 is 12.1 Å². The number of amides is 2. The van der Waals surface area contributed by atoms with E-state index in [9.17, 15) is 9.59 Å². The standard InChI is InChI=1S/C25H24N2O4/c1-30-23-14-8-7-13-21(23)26-24(28)22-15-19-11-5-6-12-20(19)16-27(22)25(29)31-17-18-9-3-2-4-10-18/h2-14,22H,15-17H2,1H3,(H,26,28)/t22-/m0/s1. The van der Waals surface area contributed by atoms with Gasteiger partial charge in [0.15, 0.2) is 0 Å². The minimum Gasteiger partial charge on any atom is -0.495 e. The minimum atomic E-state index is -0.692. The highest BCUT2D eigenvalue weighted by molar-refractivity contribution is 5.98. The van der Waals surface area contributed by atoms with Gasteiger partial charge in [0.2, 0.25) is 5.91 Å². The molecule has 0 spiro atoms. The Morgan fingerprint density at radius 1 is 0.935 bits per heavy atom. The molecule has 0 aliphatic carbocycles. The number of fused-ring (bicyclic) bond motifs is 1. The molecule has 1 aliphatic heterocycles. The second-order valence-corrected chi connectivity index (χ2v) is 7.35. The van der Waals surface area contributed by atoms with Crippen molar-refractivity contribution in [3.05, 3.63) is 95.6 Å². The van der Waals surface area contributed by atoms with Gasteiger partial charge in [-0.25, -0.2) is 4.79 Å². The van der Waals surface area contributed by atoms with Crippen molar-refractivity contribution < 1.29 is 19.1 Å². The highest BCUT2D eigenvalue weighted by atomic mass is 16.6. The quantitative estimate of drug-likeness (QED) is 0.670. The van der Waals surface area contributed by atoms with Gasteiger partial charge < -0.3 is 14.8 Å². The van der Waals surface area contributed by atoms with E-state index in [1.165, 1.54) is 4.90 Å². The molecule has 31 heavy (non-hydrogen) atoms. The van der Waals surface area contributed by atoms with Crippen molar-refractivity contribution in [3.63, 3.8) is 0 Å². The van der Waals surface area contributed by atoms with Crippen LogP contribution in [0.5, 0.6) is 5.75 Å². The number of carbonyl (C=O) groups excluding carboxylic acids is 2. The normalized spacial score (nSPS) is 15.0. The van der Waals surface area contributed by atoms with E-state index in [0.29, 0.717) is 24.4 Å². The van der Waals surface area contributed by atoms with Crippen molar-refractivity contribution in [2.24, 2.45) is 0 Å². The lowest BCUT2D eigenvalue weighted by Gasteiger charge is -2.35. The summed E-state index contributed by atoms with van der Waals surface area (Å²) in [6.07, 6.45) is -0.101. The zero-order valence-electron chi connectivity index (χ0n) is 17.3. The minimum absolute atomic E-state index is 0.151. The fraction of sp³-hybridized carbons (Fsp3) is 0.200. The Kier molecular flexibility index (Phi) is 6.17. The lowest BCUT2D eigenvalue weighted by Crippen LogP contribution is -2.50. The second kappa shape index (κ2) is 9.34. The summed E-state index contributed by atoms with van der Waals surface area (Å²) >= 11 is 0. The van der Waals surface area contributed by atoms with Crippen LogP contribution in [0, 0.1) is 0 Å². The van der Waals surface area contributed by atoms with Crippen molar-refractivity contribution >= 4 is 17.7 Å². The number of nitrogens with one attached hydrogen (secondary N) is 1.